The average molecular weight is 167 g/mol. The van der Waals surface area contributed by atoms with Gasteiger partial charge in [-0.3, -0.25) is 0 Å². The van der Waals surface area contributed by atoms with Crippen LogP contribution in [0.3, 0.4) is 0 Å². The zero-order chi connectivity index (χ0) is 3.58. The molecule has 0 unspecified atom stereocenters. The van der Waals surface area contributed by atoms with Crippen LogP contribution in [0.15, 0.2) is 0 Å². The molecule has 0 heterocycles. The van der Waals surface area contributed by atoms with Crippen LogP contribution in [0.1, 0.15) is 0 Å². The Labute approximate surface area is 40.7 Å². The molecule has 1 radical (unpaired) electrons. The Morgan fingerprint density at radius 3 is 1.80 bits per heavy atom. The van der Waals surface area contributed by atoms with Crippen molar-refractivity contribution in [1.82, 2.24) is 0 Å². The zero-order valence-corrected chi connectivity index (χ0v) is 3.71. The van der Waals surface area contributed by atoms with Crippen molar-refractivity contribution in [2.75, 3.05) is 0 Å². The summed E-state index contributed by atoms with van der Waals surface area (Å²) in [6, 6.07) is 0. The van der Waals surface area contributed by atoms with E-state index in [1.54, 1.807) is 0 Å². The van der Waals surface area contributed by atoms with Gasteiger partial charge in [-0.2, -0.15) is 0 Å². The Hall–Kier alpha value is 0.0234. The molecular weight excluding hydrogens is 166 g/mol. The second-order valence-electron chi connectivity index (χ2n) is 0.253. The minimum atomic E-state index is -2.33. The van der Waals surface area contributed by atoms with Gasteiger partial charge in [-0.1, -0.05) is 0 Å². The summed E-state index contributed by atoms with van der Waals surface area (Å²) in [5, 5.41) is 6.75. The maximum atomic E-state index is 9.92. The molecule has 0 aliphatic carbocycles. The molecule has 0 aliphatic rings. The maximum Gasteiger partial charge on any atom is 0.492 e. The first-order valence-corrected chi connectivity index (χ1v) is 0.617. The van der Waals surface area contributed by atoms with Crippen molar-refractivity contribution in [3.8, 4) is 0 Å². The number of hydrogen-bond acceptors (Lipinski definition) is 1. The Balaban J connectivity index is 0. The molecule has 0 amide bonds. The molecule has 0 saturated carbocycles. The van der Waals surface area contributed by atoms with Gasteiger partial charge in [0.1, 0.15) is 0 Å². The average Bonchev–Trinajstić information content (AvgIpc) is 0.811. The molecule has 0 aromatic rings. The minimum Gasteiger partial charge on any atom is -0.456 e. The van der Waals surface area contributed by atoms with Crippen molar-refractivity contribution in [1.29, 1.82) is 0 Å². The monoisotopic (exact) mass is 167 g/mol. The molecule has 5 heavy (non-hydrogen) atoms. The number of rotatable bonds is 0. The standard InChI is InChI=1S/CHFO2.Rh/c2-1(3)4;/h(H,3,4);. The molecule has 0 spiro atoms. The number of hydrogen-bond donors (Lipinski definition) is 1. The van der Waals surface area contributed by atoms with E-state index >= 15 is 0 Å². The van der Waals surface area contributed by atoms with Gasteiger partial charge in [0.2, 0.25) is 0 Å². The van der Waals surface area contributed by atoms with Gasteiger partial charge in [0.25, 0.3) is 0 Å². The fourth-order valence-electron chi connectivity index (χ4n) is 0. The first-order chi connectivity index (χ1) is 1.73. The zero-order valence-electron chi connectivity index (χ0n) is 2.07. The Bertz CT molecular complexity index is 32.6. The van der Waals surface area contributed by atoms with Crippen LogP contribution < -0.4 is 0 Å². The van der Waals surface area contributed by atoms with E-state index in [1.807, 2.05) is 0 Å². The normalized spacial score (nSPS) is 5.00. The van der Waals surface area contributed by atoms with Crippen LogP contribution in [-0.2, 0) is 19.5 Å². The quantitative estimate of drug-likeness (QED) is 0.424. The van der Waals surface area contributed by atoms with Gasteiger partial charge in [0.15, 0.2) is 0 Å². The number of carboxylic acid groups (broad SMARTS) is 1. The van der Waals surface area contributed by atoms with Gasteiger partial charge < -0.3 is 5.11 Å². The molecule has 4 heteroatoms. The van der Waals surface area contributed by atoms with Crippen molar-refractivity contribution in [3.05, 3.63) is 0 Å². The van der Waals surface area contributed by atoms with E-state index in [0.29, 0.717) is 0 Å². The van der Waals surface area contributed by atoms with E-state index in [4.69, 9.17) is 9.90 Å². The van der Waals surface area contributed by atoms with E-state index in [2.05, 4.69) is 0 Å². The van der Waals surface area contributed by atoms with E-state index in [9.17, 15) is 4.39 Å². The van der Waals surface area contributed by atoms with Gasteiger partial charge in [0, 0.05) is 19.5 Å². The molecule has 0 saturated heterocycles. The second kappa shape index (κ2) is 4.02. The van der Waals surface area contributed by atoms with E-state index in [0.717, 1.165) is 0 Å². The van der Waals surface area contributed by atoms with Gasteiger partial charge in [-0.15, -0.1) is 4.39 Å². The first kappa shape index (κ1) is 8.90. The summed E-state index contributed by atoms with van der Waals surface area (Å²) < 4.78 is 9.92. The van der Waals surface area contributed by atoms with Crippen LogP contribution in [-0.4, -0.2) is 11.3 Å². The van der Waals surface area contributed by atoms with Gasteiger partial charge in [-0.05, 0) is 0 Å². The maximum absolute atomic E-state index is 9.92. The van der Waals surface area contributed by atoms with E-state index in [-0.39, 0.29) is 19.5 Å². The summed E-state index contributed by atoms with van der Waals surface area (Å²) >= 11 is 0. The van der Waals surface area contributed by atoms with Gasteiger partial charge >= 0.3 is 6.22 Å². The molecule has 0 aromatic heterocycles. The molecule has 0 aliphatic heterocycles. The van der Waals surface area contributed by atoms with Crippen molar-refractivity contribution < 1.29 is 33.8 Å². The van der Waals surface area contributed by atoms with Crippen molar-refractivity contribution in [2.45, 2.75) is 0 Å². The third kappa shape index (κ3) is 30100. The van der Waals surface area contributed by atoms with Crippen LogP contribution >= 0.6 is 0 Å². The Morgan fingerprint density at radius 2 is 1.80 bits per heavy atom. The van der Waals surface area contributed by atoms with Crippen LogP contribution in [0.2, 0.25) is 0 Å². The molecule has 0 atom stereocenters. The summed E-state index contributed by atoms with van der Waals surface area (Å²) in [6.45, 7) is 0. The third-order valence-electron chi connectivity index (χ3n) is 0. The topological polar surface area (TPSA) is 37.3 Å². The minimum absolute atomic E-state index is 0. The summed E-state index contributed by atoms with van der Waals surface area (Å²) in [5.74, 6) is 0. The first-order valence-electron chi connectivity index (χ1n) is 0.617. The summed E-state index contributed by atoms with van der Waals surface area (Å²) in [7, 11) is 0. The molecule has 0 bridgehead atoms. The van der Waals surface area contributed by atoms with Crippen LogP contribution in [0.25, 0.3) is 0 Å². The molecule has 2 nitrogen and oxygen atoms in total. The summed E-state index contributed by atoms with van der Waals surface area (Å²) in [6.07, 6.45) is -2.33. The van der Waals surface area contributed by atoms with Crippen LogP contribution in [0.4, 0.5) is 9.18 Å². The van der Waals surface area contributed by atoms with Crippen LogP contribution in [0.5, 0.6) is 0 Å². The molecule has 0 aromatic carbocycles. The van der Waals surface area contributed by atoms with Crippen LogP contribution in [0, 0.1) is 0 Å². The number of carbonyl (C=O) groups is 1. The van der Waals surface area contributed by atoms with E-state index in [1.165, 1.54) is 0 Å². The fourth-order valence-corrected chi connectivity index (χ4v) is 0. The van der Waals surface area contributed by atoms with Crippen molar-refractivity contribution in [2.24, 2.45) is 0 Å². The SMILES string of the molecule is O=C(O)F.[Rh]. The van der Waals surface area contributed by atoms with Crippen molar-refractivity contribution in [3.63, 3.8) is 0 Å². The van der Waals surface area contributed by atoms with E-state index < -0.39 is 6.22 Å². The smallest absolute Gasteiger partial charge is 0.456 e. The largest absolute Gasteiger partial charge is 0.492 e. The fraction of sp³-hybridized carbons (Fsp3) is 0. The van der Waals surface area contributed by atoms with Crippen molar-refractivity contribution >= 4 is 6.22 Å². The molecule has 33 valence electrons. The number of halogens is 1. The predicted octanol–water partition coefficient (Wildman–Crippen LogP) is 0.631. The Kier molecular flexibility index (Phi) is 7.16. The second-order valence-corrected chi connectivity index (χ2v) is 0.253. The molecule has 1 N–H and O–H groups in total. The molecule has 0 rings (SSSR count). The Morgan fingerprint density at radius 1 is 1.80 bits per heavy atom. The summed E-state index contributed by atoms with van der Waals surface area (Å²) in [5.41, 5.74) is 0. The predicted molar refractivity (Wildman–Crippen MR) is 9.13 cm³/mol. The van der Waals surface area contributed by atoms with Gasteiger partial charge in [0.05, 0.1) is 0 Å². The molecule has 0 fully saturated rings. The summed E-state index contributed by atoms with van der Waals surface area (Å²) in [4.78, 5) is 8.33. The van der Waals surface area contributed by atoms with Gasteiger partial charge in [-0.25, -0.2) is 4.79 Å². The third-order valence-corrected chi connectivity index (χ3v) is 0. The molecular formula is CHFO2Rh.